The number of hydrogen-bond donors (Lipinski definition) is 2. The molecule has 0 spiro atoms. The second-order valence-electron chi connectivity index (χ2n) is 6.15. The second-order valence-corrected chi connectivity index (χ2v) is 6.15. The minimum Gasteiger partial charge on any atom is -0.383 e. The average molecular weight is 349 g/mol. The van der Waals surface area contributed by atoms with E-state index in [1.165, 1.54) is 0 Å². The van der Waals surface area contributed by atoms with Crippen molar-refractivity contribution < 1.29 is 14.3 Å². The molecule has 2 N–H and O–H groups in total. The molecule has 1 aromatic rings. The van der Waals surface area contributed by atoms with Crippen LogP contribution in [0.2, 0.25) is 0 Å². The number of amides is 4. The molecule has 2 rings (SSSR count). The number of anilines is 2. The predicted octanol–water partition coefficient (Wildman–Crippen LogP) is 1.26. The minimum absolute atomic E-state index is 0.115. The maximum Gasteiger partial charge on any atom is 0.321 e. The molecule has 1 aromatic carbocycles. The largest absolute Gasteiger partial charge is 0.383 e. The van der Waals surface area contributed by atoms with E-state index >= 15 is 0 Å². The highest BCUT2D eigenvalue weighted by Gasteiger charge is 2.21. The zero-order chi connectivity index (χ0) is 18.2. The lowest BCUT2D eigenvalue weighted by molar-refractivity contribution is 0.151. The molecule has 8 heteroatoms. The van der Waals surface area contributed by atoms with Gasteiger partial charge in [0.2, 0.25) is 0 Å². The molecule has 0 atom stereocenters. The molecule has 8 nitrogen and oxygen atoms in total. The van der Waals surface area contributed by atoms with Crippen LogP contribution in [0.15, 0.2) is 24.3 Å². The van der Waals surface area contributed by atoms with E-state index in [9.17, 15) is 9.59 Å². The Kier molecular flexibility index (Phi) is 7.03. The number of ether oxygens (including phenoxy) is 1. The molecule has 0 bridgehead atoms. The van der Waals surface area contributed by atoms with Crippen LogP contribution in [0.1, 0.15) is 0 Å². The fourth-order valence-electron chi connectivity index (χ4n) is 2.51. The van der Waals surface area contributed by atoms with Gasteiger partial charge < -0.3 is 25.2 Å². The number of rotatable bonds is 8. The number of nitrogens with one attached hydrogen (secondary N) is 2. The second kappa shape index (κ2) is 9.24. The van der Waals surface area contributed by atoms with Gasteiger partial charge in [-0.1, -0.05) is 6.07 Å². The molecule has 1 saturated heterocycles. The van der Waals surface area contributed by atoms with Gasteiger partial charge in [-0.15, -0.1) is 0 Å². The quantitative estimate of drug-likeness (QED) is 0.741. The summed E-state index contributed by atoms with van der Waals surface area (Å²) in [6, 6.07) is 7.02. The lowest BCUT2D eigenvalue weighted by Crippen LogP contribution is -2.41. The summed E-state index contributed by atoms with van der Waals surface area (Å²) >= 11 is 0. The molecular formula is C17H27N5O3. The lowest BCUT2D eigenvalue weighted by atomic mass is 10.2. The van der Waals surface area contributed by atoms with Gasteiger partial charge in [0, 0.05) is 51.2 Å². The van der Waals surface area contributed by atoms with Gasteiger partial charge in [-0.05, 0) is 32.3 Å². The van der Waals surface area contributed by atoms with Crippen LogP contribution in [0.3, 0.4) is 0 Å². The molecule has 1 aliphatic rings. The fourth-order valence-corrected chi connectivity index (χ4v) is 2.51. The maximum atomic E-state index is 12.6. The summed E-state index contributed by atoms with van der Waals surface area (Å²) in [6.07, 6.45) is 0. The van der Waals surface area contributed by atoms with Crippen molar-refractivity contribution in [2.75, 3.05) is 70.8 Å². The van der Waals surface area contributed by atoms with E-state index in [1.807, 2.05) is 43.3 Å². The van der Waals surface area contributed by atoms with Crippen LogP contribution in [-0.4, -0.2) is 82.4 Å². The Morgan fingerprint density at radius 2 is 2.12 bits per heavy atom. The summed E-state index contributed by atoms with van der Waals surface area (Å²) in [6.45, 7) is 3.63. The van der Waals surface area contributed by atoms with Gasteiger partial charge in [0.25, 0.3) is 0 Å². The van der Waals surface area contributed by atoms with Gasteiger partial charge in [0.15, 0.2) is 0 Å². The average Bonchev–Trinajstić information content (AvgIpc) is 3.01. The van der Waals surface area contributed by atoms with Crippen molar-refractivity contribution >= 4 is 23.4 Å². The Labute approximate surface area is 148 Å². The highest BCUT2D eigenvalue weighted by Crippen LogP contribution is 2.21. The number of urea groups is 2. The molecule has 1 aliphatic heterocycles. The Balaban J connectivity index is 2.02. The van der Waals surface area contributed by atoms with Crippen molar-refractivity contribution in [1.82, 2.24) is 15.1 Å². The molecule has 138 valence electrons. The number of nitrogens with zero attached hydrogens (tertiary/aromatic N) is 3. The monoisotopic (exact) mass is 349 g/mol. The zero-order valence-electron chi connectivity index (χ0n) is 15.1. The van der Waals surface area contributed by atoms with Gasteiger partial charge in [-0.3, -0.25) is 4.90 Å². The van der Waals surface area contributed by atoms with Crippen molar-refractivity contribution in [2.45, 2.75) is 0 Å². The summed E-state index contributed by atoms with van der Waals surface area (Å²) in [7, 11) is 5.56. The van der Waals surface area contributed by atoms with Crippen LogP contribution in [0.25, 0.3) is 0 Å². The first-order valence-corrected chi connectivity index (χ1v) is 8.36. The SMILES string of the molecule is COCCN(CCN(C)C)C(=O)Nc1cccc(N2CCNC2=O)c1. The third-order valence-corrected chi connectivity index (χ3v) is 3.94. The van der Waals surface area contributed by atoms with Crippen LogP contribution < -0.4 is 15.5 Å². The van der Waals surface area contributed by atoms with Crippen molar-refractivity contribution in [3.8, 4) is 0 Å². The van der Waals surface area contributed by atoms with E-state index in [0.717, 1.165) is 12.2 Å². The van der Waals surface area contributed by atoms with E-state index in [4.69, 9.17) is 4.74 Å². The predicted molar refractivity (Wildman–Crippen MR) is 98.2 cm³/mol. The molecule has 0 radical (unpaired) electrons. The minimum atomic E-state index is -0.179. The molecule has 0 aliphatic carbocycles. The first-order valence-electron chi connectivity index (χ1n) is 8.36. The Hall–Kier alpha value is -2.32. The zero-order valence-corrected chi connectivity index (χ0v) is 15.1. The van der Waals surface area contributed by atoms with Gasteiger partial charge in [-0.2, -0.15) is 0 Å². The first kappa shape index (κ1) is 19.0. The standard InChI is InChI=1S/C17H27N5O3/c1-20(2)9-10-21(11-12-25-3)17(24)19-14-5-4-6-15(13-14)22-8-7-18-16(22)23/h4-6,13H,7-12H2,1-3H3,(H,18,23)(H,19,24). The molecule has 25 heavy (non-hydrogen) atoms. The Morgan fingerprint density at radius 1 is 1.32 bits per heavy atom. The molecule has 4 amide bonds. The molecule has 1 fully saturated rings. The van der Waals surface area contributed by atoms with Gasteiger partial charge in [0.1, 0.15) is 0 Å². The number of carbonyl (C=O) groups is 2. The van der Waals surface area contributed by atoms with Crippen LogP contribution in [0.5, 0.6) is 0 Å². The number of methoxy groups -OCH3 is 1. The van der Waals surface area contributed by atoms with Crippen molar-refractivity contribution in [2.24, 2.45) is 0 Å². The Morgan fingerprint density at radius 3 is 2.76 bits per heavy atom. The molecule has 0 aromatic heterocycles. The number of carbonyl (C=O) groups excluding carboxylic acids is 2. The van der Waals surface area contributed by atoms with Crippen LogP contribution >= 0.6 is 0 Å². The van der Waals surface area contributed by atoms with E-state index in [-0.39, 0.29) is 12.1 Å². The van der Waals surface area contributed by atoms with Gasteiger partial charge >= 0.3 is 12.1 Å². The summed E-state index contributed by atoms with van der Waals surface area (Å²) in [5.41, 5.74) is 1.43. The molecular weight excluding hydrogens is 322 g/mol. The van der Waals surface area contributed by atoms with Crippen LogP contribution in [-0.2, 0) is 4.74 Å². The van der Waals surface area contributed by atoms with E-state index in [2.05, 4.69) is 10.6 Å². The van der Waals surface area contributed by atoms with Crippen molar-refractivity contribution in [3.05, 3.63) is 24.3 Å². The van der Waals surface area contributed by atoms with Gasteiger partial charge in [0.05, 0.1) is 6.61 Å². The first-order chi connectivity index (χ1) is 12.0. The topological polar surface area (TPSA) is 77.2 Å². The summed E-state index contributed by atoms with van der Waals surface area (Å²) in [5, 5.41) is 5.68. The van der Waals surface area contributed by atoms with E-state index < -0.39 is 0 Å². The highest BCUT2D eigenvalue weighted by molar-refractivity contribution is 5.95. The summed E-state index contributed by atoms with van der Waals surface area (Å²) in [4.78, 5) is 29.8. The molecule has 1 heterocycles. The fraction of sp³-hybridized carbons (Fsp3) is 0.529. The van der Waals surface area contributed by atoms with E-state index in [1.54, 1.807) is 16.9 Å². The Bertz CT molecular complexity index is 593. The smallest absolute Gasteiger partial charge is 0.321 e. The normalized spacial score (nSPS) is 13.9. The van der Waals surface area contributed by atoms with Crippen molar-refractivity contribution in [3.63, 3.8) is 0 Å². The lowest BCUT2D eigenvalue weighted by Gasteiger charge is -2.24. The summed E-state index contributed by atoms with van der Waals surface area (Å²) in [5.74, 6) is 0. The number of likely N-dealkylation sites (N-methyl/N-ethyl adjacent to an activating group) is 1. The van der Waals surface area contributed by atoms with Gasteiger partial charge in [-0.25, -0.2) is 9.59 Å². The van der Waals surface area contributed by atoms with Crippen LogP contribution in [0.4, 0.5) is 21.0 Å². The van der Waals surface area contributed by atoms with E-state index in [0.29, 0.717) is 38.5 Å². The highest BCUT2D eigenvalue weighted by atomic mass is 16.5. The number of hydrogen-bond acceptors (Lipinski definition) is 4. The van der Waals surface area contributed by atoms with Crippen molar-refractivity contribution in [1.29, 1.82) is 0 Å². The van der Waals surface area contributed by atoms with Crippen LogP contribution in [0, 0.1) is 0 Å². The number of benzene rings is 1. The molecule has 0 unspecified atom stereocenters. The third-order valence-electron chi connectivity index (χ3n) is 3.94. The summed E-state index contributed by atoms with van der Waals surface area (Å²) < 4.78 is 5.09. The third kappa shape index (κ3) is 5.61. The maximum absolute atomic E-state index is 12.6. The molecule has 0 saturated carbocycles.